The topological polar surface area (TPSA) is 49.4 Å². The molecule has 2 unspecified atom stereocenters. The van der Waals surface area contributed by atoms with E-state index in [1.165, 1.54) is 0 Å². The summed E-state index contributed by atoms with van der Waals surface area (Å²) in [5, 5.41) is 2.84. The van der Waals surface area contributed by atoms with Crippen molar-refractivity contribution in [2.24, 2.45) is 11.3 Å². The number of alkyl halides is 1. The summed E-state index contributed by atoms with van der Waals surface area (Å²) in [7, 11) is 0. The van der Waals surface area contributed by atoms with Crippen LogP contribution in [-0.2, 0) is 9.59 Å². The molecule has 2 atom stereocenters. The van der Waals surface area contributed by atoms with E-state index in [0.717, 1.165) is 0 Å². The van der Waals surface area contributed by atoms with Crippen LogP contribution in [0.4, 0.5) is 4.39 Å². The molecule has 1 rings (SSSR count). The highest BCUT2D eigenvalue weighted by atomic mass is 19.1. The summed E-state index contributed by atoms with van der Waals surface area (Å²) in [6, 6.07) is -0.995. The van der Waals surface area contributed by atoms with Gasteiger partial charge in [0.05, 0.1) is 6.67 Å². The van der Waals surface area contributed by atoms with E-state index in [1.807, 2.05) is 34.6 Å². The average molecular weight is 286 g/mol. The van der Waals surface area contributed by atoms with Crippen LogP contribution in [0.25, 0.3) is 0 Å². The van der Waals surface area contributed by atoms with Gasteiger partial charge in [0.1, 0.15) is 12.1 Å². The Morgan fingerprint density at radius 1 is 1.30 bits per heavy atom. The molecular formula is C15H27FN2O2. The zero-order valence-corrected chi connectivity index (χ0v) is 13.2. The van der Waals surface area contributed by atoms with Crippen LogP contribution < -0.4 is 5.32 Å². The van der Waals surface area contributed by atoms with Gasteiger partial charge in [0, 0.05) is 6.54 Å². The third-order valence-corrected chi connectivity index (χ3v) is 3.52. The van der Waals surface area contributed by atoms with Gasteiger partial charge in [-0.05, 0) is 24.2 Å². The second-order valence-electron chi connectivity index (χ2n) is 7.03. The predicted octanol–water partition coefficient (Wildman–Crippen LogP) is 2.13. The summed E-state index contributed by atoms with van der Waals surface area (Å²) in [6.45, 7) is 9.64. The number of rotatable bonds is 5. The molecule has 116 valence electrons. The molecular weight excluding hydrogens is 259 g/mol. The fraction of sp³-hybridized carbons (Fsp3) is 0.867. The molecule has 4 nitrogen and oxygen atoms in total. The lowest BCUT2D eigenvalue weighted by Gasteiger charge is -2.45. The number of nitrogens with one attached hydrogen (secondary N) is 1. The fourth-order valence-electron chi connectivity index (χ4n) is 2.74. The van der Waals surface area contributed by atoms with Crippen molar-refractivity contribution in [2.45, 2.75) is 59.5 Å². The van der Waals surface area contributed by atoms with Gasteiger partial charge in [-0.1, -0.05) is 34.6 Å². The molecule has 1 aliphatic rings. The Kier molecular flexibility index (Phi) is 5.54. The Bertz CT molecular complexity index is 363. The van der Waals surface area contributed by atoms with E-state index < -0.39 is 18.8 Å². The van der Waals surface area contributed by atoms with Gasteiger partial charge in [0.25, 0.3) is 0 Å². The maximum absolute atomic E-state index is 12.6. The van der Waals surface area contributed by atoms with Crippen molar-refractivity contribution in [3.63, 3.8) is 0 Å². The zero-order chi connectivity index (χ0) is 15.5. The fourth-order valence-corrected chi connectivity index (χ4v) is 2.74. The van der Waals surface area contributed by atoms with Gasteiger partial charge in [-0.3, -0.25) is 14.0 Å². The Morgan fingerprint density at radius 3 is 2.35 bits per heavy atom. The Morgan fingerprint density at radius 2 is 1.90 bits per heavy atom. The number of hydrogen-bond acceptors (Lipinski definition) is 2. The smallest absolute Gasteiger partial charge is 0.245 e. The van der Waals surface area contributed by atoms with Gasteiger partial charge in [-0.25, -0.2) is 0 Å². The van der Waals surface area contributed by atoms with Crippen molar-refractivity contribution in [2.75, 3.05) is 13.2 Å². The molecule has 2 amide bonds. The van der Waals surface area contributed by atoms with Crippen molar-refractivity contribution in [1.29, 1.82) is 0 Å². The van der Waals surface area contributed by atoms with Gasteiger partial charge >= 0.3 is 0 Å². The number of amides is 2. The van der Waals surface area contributed by atoms with E-state index in [0.29, 0.717) is 18.9 Å². The number of nitrogens with zero attached hydrogens (tertiary/aromatic N) is 1. The highest BCUT2D eigenvalue weighted by Crippen LogP contribution is 2.29. The Balaban J connectivity index is 2.98. The van der Waals surface area contributed by atoms with Gasteiger partial charge in [-0.15, -0.1) is 0 Å². The van der Waals surface area contributed by atoms with Crippen LogP contribution in [0.2, 0.25) is 0 Å². The van der Waals surface area contributed by atoms with Crippen LogP contribution in [0, 0.1) is 11.3 Å². The third-order valence-electron chi connectivity index (χ3n) is 3.52. The zero-order valence-electron chi connectivity index (χ0n) is 13.2. The minimum Gasteiger partial charge on any atom is -0.342 e. The van der Waals surface area contributed by atoms with Crippen molar-refractivity contribution in [3.8, 4) is 0 Å². The standard InChI is InChI=1S/C15H27FN2O2/c1-10(2)9-11-14(20)18(8-6-7-16)12(13(19)17-11)15(3,4)5/h10-12H,6-9H2,1-5H3,(H,17,19). The second kappa shape index (κ2) is 6.55. The molecule has 0 aromatic heterocycles. The third kappa shape index (κ3) is 3.93. The van der Waals surface area contributed by atoms with E-state index in [-0.39, 0.29) is 23.7 Å². The summed E-state index contributed by atoms with van der Waals surface area (Å²) in [4.78, 5) is 26.5. The number of carbonyl (C=O) groups is 2. The lowest BCUT2D eigenvalue weighted by Crippen LogP contribution is -2.67. The molecule has 0 spiro atoms. The van der Waals surface area contributed by atoms with Gasteiger partial charge in [0.15, 0.2) is 0 Å². The van der Waals surface area contributed by atoms with Crippen LogP contribution in [0.1, 0.15) is 47.5 Å². The van der Waals surface area contributed by atoms with Crippen LogP contribution in [0.15, 0.2) is 0 Å². The van der Waals surface area contributed by atoms with Crippen molar-refractivity contribution >= 4 is 11.8 Å². The summed E-state index contributed by atoms with van der Waals surface area (Å²) in [5.41, 5.74) is -0.362. The molecule has 1 heterocycles. The number of hydrogen-bond donors (Lipinski definition) is 1. The minimum absolute atomic E-state index is 0.0772. The molecule has 0 bridgehead atoms. The summed E-state index contributed by atoms with van der Waals surface area (Å²) in [5.74, 6) is 0.117. The first-order chi connectivity index (χ1) is 9.18. The molecule has 0 aromatic carbocycles. The molecule has 1 N–H and O–H groups in total. The van der Waals surface area contributed by atoms with E-state index in [9.17, 15) is 14.0 Å². The van der Waals surface area contributed by atoms with Crippen LogP contribution in [-0.4, -0.2) is 42.0 Å². The van der Waals surface area contributed by atoms with Crippen molar-refractivity contribution < 1.29 is 14.0 Å². The SMILES string of the molecule is CC(C)CC1NC(=O)C(C(C)(C)C)N(CCCF)C1=O. The number of carbonyl (C=O) groups excluding carboxylic acids is 2. The van der Waals surface area contributed by atoms with Gasteiger partial charge < -0.3 is 10.2 Å². The number of piperazine rings is 1. The molecule has 20 heavy (non-hydrogen) atoms. The van der Waals surface area contributed by atoms with E-state index in [1.54, 1.807) is 4.90 Å². The first kappa shape index (κ1) is 16.9. The van der Waals surface area contributed by atoms with E-state index in [2.05, 4.69) is 5.32 Å². The molecule has 0 radical (unpaired) electrons. The van der Waals surface area contributed by atoms with Crippen molar-refractivity contribution in [1.82, 2.24) is 10.2 Å². The molecule has 0 saturated carbocycles. The highest BCUT2D eigenvalue weighted by molar-refractivity contribution is 5.97. The Labute approximate surface area is 121 Å². The van der Waals surface area contributed by atoms with Crippen LogP contribution in [0.5, 0.6) is 0 Å². The normalized spacial score (nSPS) is 24.2. The number of halogens is 1. The second-order valence-corrected chi connectivity index (χ2v) is 7.03. The quantitative estimate of drug-likeness (QED) is 0.841. The van der Waals surface area contributed by atoms with Gasteiger partial charge in [-0.2, -0.15) is 0 Å². The molecule has 1 fully saturated rings. The van der Waals surface area contributed by atoms with E-state index in [4.69, 9.17) is 0 Å². The van der Waals surface area contributed by atoms with E-state index >= 15 is 0 Å². The Hall–Kier alpha value is -1.13. The highest BCUT2D eigenvalue weighted by Gasteiger charge is 2.45. The van der Waals surface area contributed by atoms with Crippen LogP contribution >= 0.6 is 0 Å². The van der Waals surface area contributed by atoms with Crippen LogP contribution in [0.3, 0.4) is 0 Å². The summed E-state index contributed by atoms with van der Waals surface area (Å²) < 4.78 is 12.5. The predicted molar refractivity (Wildman–Crippen MR) is 76.9 cm³/mol. The monoisotopic (exact) mass is 286 g/mol. The molecule has 5 heteroatoms. The minimum atomic E-state index is -0.523. The maximum Gasteiger partial charge on any atom is 0.245 e. The van der Waals surface area contributed by atoms with Gasteiger partial charge in [0.2, 0.25) is 11.8 Å². The summed E-state index contributed by atoms with van der Waals surface area (Å²) in [6.07, 6.45) is 0.896. The first-order valence-corrected chi connectivity index (χ1v) is 7.35. The lowest BCUT2D eigenvalue weighted by atomic mass is 9.82. The largest absolute Gasteiger partial charge is 0.342 e. The lowest BCUT2D eigenvalue weighted by molar-refractivity contribution is -0.154. The first-order valence-electron chi connectivity index (χ1n) is 7.35. The maximum atomic E-state index is 12.6. The molecule has 1 aliphatic heterocycles. The summed E-state index contributed by atoms with van der Waals surface area (Å²) >= 11 is 0. The molecule has 0 aromatic rings. The van der Waals surface area contributed by atoms with Crippen molar-refractivity contribution in [3.05, 3.63) is 0 Å². The molecule has 0 aliphatic carbocycles. The average Bonchev–Trinajstić information content (AvgIpc) is 2.28. The molecule has 1 saturated heterocycles.